The van der Waals surface area contributed by atoms with Crippen molar-refractivity contribution in [3.05, 3.63) is 11.4 Å². The summed E-state index contributed by atoms with van der Waals surface area (Å²) >= 11 is 0. The Hall–Kier alpha value is -1.94. The number of rotatable bonds is 3. The van der Waals surface area contributed by atoms with Gasteiger partial charge in [-0.15, -0.1) is 0 Å². The fourth-order valence-electron chi connectivity index (χ4n) is 2.71. The Morgan fingerprint density at radius 2 is 1.92 bits per heavy atom. The zero-order chi connectivity index (χ0) is 17.9. The fraction of sp³-hybridized carbons (Fsp3) is 0.643. The molecule has 0 spiro atoms. The van der Waals surface area contributed by atoms with Crippen LogP contribution in [0.25, 0.3) is 0 Å². The summed E-state index contributed by atoms with van der Waals surface area (Å²) in [5, 5.41) is 6.60. The Morgan fingerprint density at radius 3 is 2.50 bits per heavy atom. The van der Waals surface area contributed by atoms with E-state index >= 15 is 0 Å². The van der Waals surface area contributed by atoms with E-state index < -0.39 is 21.9 Å². The number of hydrogen-bond acceptors (Lipinski definition) is 6. The van der Waals surface area contributed by atoms with Crippen LogP contribution in [-0.2, 0) is 24.3 Å². The van der Waals surface area contributed by atoms with Crippen molar-refractivity contribution in [2.45, 2.75) is 32.1 Å². The fourth-order valence-corrected chi connectivity index (χ4v) is 4.51. The summed E-state index contributed by atoms with van der Waals surface area (Å²) in [6.07, 6.45) is 0.445. The van der Waals surface area contributed by atoms with Gasteiger partial charge in [0.05, 0.1) is 18.0 Å². The Balaban J connectivity index is 2.13. The molecule has 9 nitrogen and oxygen atoms in total. The van der Waals surface area contributed by atoms with Crippen molar-refractivity contribution in [3.63, 3.8) is 0 Å². The van der Waals surface area contributed by atoms with Gasteiger partial charge in [-0.3, -0.25) is 9.89 Å². The summed E-state index contributed by atoms with van der Waals surface area (Å²) in [6, 6.07) is 0. The number of aromatic nitrogens is 2. The molecule has 24 heavy (non-hydrogen) atoms. The summed E-state index contributed by atoms with van der Waals surface area (Å²) in [5.74, 6) is -1.64. The lowest BCUT2D eigenvalue weighted by molar-refractivity contribution is -0.159. The number of ether oxygens (including phenoxy) is 1. The molecule has 0 saturated carbocycles. The summed E-state index contributed by atoms with van der Waals surface area (Å²) in [7, 11) is -3.70. The van der Waals surface area contributed by atoms with Crippen molar-refractivity contribution in [3.8, 4) is 0 Å². The second kappa shape index (κ2) is 7.31. The smallest absolute Gasteiger partial charge is 0.397 e. The Kier molecular flexibility index (Phi) is 5.60. The molecule has 0 bridgehead atoms. The second-order valence-corrected chi connectivity index (χ2v) is 7.41. The van der Waals surface area contributed by atoms with E-state index in [1.54, 1.807) is 20.8 Å². The number of carbonyl (C=O) groups excluding carboxylic acids is 2. The Morgan fingerprint density at radius 1 is 1.21 bits per heavy atom. The van der Waals surface area contributed by atoms with E-state index in [1.807, 2.05) is 0 Å². The van der Waals surface area contributed by atoms with E-state index in [4.69, 9.17) is 4.74 Å². The van der Waals surface area contributed by atoms with Gasteiger partial charge in [-0.1, -0.05) is 0 Å². The topological polar surface area (TPSA) is 113 Å². The first-order chi connectivity index (χ1) is 11.3. The summed E-state index contributed by atoms with van der Waals surface area (Å²) < 4.78 is 31.7. The molecule has 0 atom stereocenters. The summed E-state index contributed by atoms with van der Waals surface area (Å²) in [5.41, 5.74) is 0.896. The highest BCUT2D eigenvalue weighted by molar-refractivity contribution is 7.89. The average Bonchev–Trinajstić information content (AvgIpc) is 2.75. The minimum atomic E-state index is -3.70. The molecule has 0 radical (unpaired) electrons. The number of hydrogen-bond donors (Lipinski definition) is 1. The summed E-state index contributed by atoms with van der Waals surface area (Å²) in [6.45, 7) is 5.89. The number of sulfonamides is 1. The second-order valence-electron chi connectivity index (χ2n) is 5.53. The standard InChI is InChI=1S/C14H22N4O5S/c1-4-23-14(20)13(19)17-6-5-7-18(9-8-17)24(21,22)12-10(2)15-16-11(12)3/h4-9H2,1-3H3,(H,15,16). The predicted molar refractivity (Wildman–Crippen MR) is 84.7 cm³/mol. The van der Waals surface area contributed by atoms with Gasteiger partial charge in [0.2, 0.25) is 10.0 Å². The van der Waals surface area contributed by atoms with Gasteiger partial charge in [0, 0.05) is 26.2 Å². The third-order valence-electron chi connectivity index (χ3n) is 3.85. The first-order valence-corrected chi connectivity index (χ1v) is 9.20. The lowest BCUT2D eigenvalue weighted by atomic mass is 10.4. The van der Waals surface area contributed by atoms with E-state index in [1.165, 1.54) is 9.21 Å². The molecule has 0 aliphatic carbocycles. The Labute approximate surface area is 141 Å². The van der Waals surface area contributed by atoms with Crippen LogP contribution in [0.4, 0.5) is 0 Å². The highest BCUT2D eigenvalue weighted by atomic mass is 32.2. The number of nitrogens with zero attached hydrogens (tertiary/aromatic N) is 3. The largest absolute Gasteiger partial charge is 0.459 e. The van der Waals surface area contributed by atoms with Crippen LogP contribution in [0.5, 0.6) is 0 Å². The molecule has 2 rings (SSSR count). The van der Waals surface area contributed by atoms with E-state index in [-0.39, 0.29) is 31.1 Å². The van der Waals surface area contributed by atoms with Crippen molar-refractivity contribution < 1.29 is 22.7 Å². The van der Waals surface area contributed by atoms with Crippen molar-refractivity contribution >= 4 is 21.9 Å². The van der Waals surface area contributed by atoms with Gasteiger partial charge in [-0.2, -0.15) is 9.40 Å². The Bertz CT molecular complexity index is 708. The molecule has 1 aromatic heterocycles. The molecule has 1 saturated heterocycles. The molecule has 1 fully saturated rings. The van der Waals surface area contributed by atoms with E-state index in [9.17, 15) is 18.0 Å². The molecule has 1 aliphatic rings. The third kappa shape index (κ3) is 3.59. The average molecular weight is 358 g/mol. The summed E-state index contributed by atoms with van der Waals surface area (Å²) in [4.78, 5) is 25.1. The van der Waals surface area contributed by atoms with E-state index in [0.29, 0.717) is 24.4 Å². The minimum Gasteiger partial charge on any atom is -0.459 e. The molecule has 10 heteroatoms. The molecule has 2 heterocycles. The number of aromatic amines is 1. The van der Waals surface area contributed by atoms with Crippen LogP contribution in [0.15, 0.2) is 4.90 Å². The van der Waals surface area contributed by atoms with Crippen LogP contribution in [0.3, 0.4) is 0 Å². The zero-order valence-electron chi connectivity index (χ0n) is 14.0. The predicted octanol–water partition coefficient (Wildman–Crippen LogP) is -0.187. The monoisotopic (exact) mass is 358 g/mol. The van der Waals surface area contributed by atoms with Gasteiger partial charge in [0.1, 0.15) is 4.90 Å². The highest BCUT2D eigenvalue weighted by Gasteiger charge is 2.33. The maximum Gasteiger partial charge on any atom is 0.397 e. The molecular weight excluding hydrogens is 336 g/mol. The van der Waals surface area contributed by atoms with Gasteiger partial charge in [-0.05, 0) is 27.2 Å². The first-order valence-electron chi connectivity index (χ1n) is 7.76. The third-order valence-corrected chi connectivity index (χ3v) is 6.01. The molecule has 0 aromatic carbocycles. The number of H-pyrrole nitrogens is 1. The van der Waals surface area contributed by atoms with Crippen LogP contribution in [0.1, 0.15) is 24.7 Å². The quantitative estimate of drug-likeness (QED) is 0.592. The first kappa shape index (κ1) is 18.4. The van der Waals surface area contributed by atoms with Crippen molar-refractivity contribution in [2.24, 2.45) is 0 Å². The highest BCUT2D eigenvalue weighted by Crippen LogP contribution is 2.22. The van der Waals surface area contributed by atoms with Crippen molar-refractivity contribution in [1.29, 1.82) is 0 Å². The molecule has 1 amide bonds. The minimum absolute atomic E-state index is 0.123. The normalized spacial score (nSPS) is 16.7. The van der Waals surface area contributed by atoms with Crippen LogP contribution in [0.2, 0.25) is 0 Å². The number of amides is 1. The van der Waals surface area contributed by atoms with Gasteiger partial charge in [-0.25, -0.2) is 13.2 Å². The molecular formula is C14H22N4O5S. The van der Waals surface area contributed by atoms with Crippen LogP contribution < -0.4 is 0 Å². The maximum atomic E-state index is 12.8. The van der Waals surface area contributed by atoms with Gasteiger partial charge in [0.25, 0.3) is 0 Å². The number of nitrogens with one attached hydrogen (secondary N) is 1. The van der Waals surface area contributed by atoms with Gasteiger partial charge >= 0.3 is 11.9 Å². The lowest BCUT2D eigenvalue weighted by Gasteiger charge is -2.21. The lowest BCUT2D eigenvalue weighted by Crippen LogP contribution is -2.41. The van der Waals surface area contributed by atoms with Crippen LogP contribution in [-0.4, -0.2) is 72.5 Å². The van der Waals surface area contributed by atoms with Gasteiger partial charge < -0.3 is 9.64 Å². The van der Waals surface area contributed by atoms with E-state index in [2.05, 4.69) is 10.2 Å². The van der Waals surface area contributed by atoms with Crippen LogP contribution in [0, 0.1) is 13.8 Å². The molecule has 134 valence electrons. The molecule has 1 aliphatic heterocycles. The number of esters is 1. The zero-order valence-corrected chi connectivity index (χ0v) is 14.9. The van der Waals surface area contributed by atoms with Crippen molar-refractivity contribution in [1.82, 2.24) is 19.4 Å². The number of aryl methyl sites for hydroxylation is 2. The van der Waals surface area contributed by atoms with Gasteiger partial charge in [0.15, 0.2) is 0 Å². The molecule has 1 aromatic rings. The van der Waals surface area contributed by atoms with Crippen LogP contribution >= 0.6 is 0 Å². The SMILES string of the molecule is CCOC(=O)C(=O)N1CCCN(S(=O)(=O)c2c(C)n[nH]c2C)CC1. The van der Waals surface area contributed by atoms with E-state index in [0.717, 1.165) is 0 Å². The molecule has 0 unspecified atom stereocenters. The maximum absolute atomic E-state index is 12.8. The number of carbonyl (C=O) groups is 2. The van der Waals surface area contributed by atoms with Crippen molar-refractivity contribution in [2.75, 3.05) is 32.8 Å². The molecule has 1 N–H and O–H groups in total.